The van der Waals surface area contributed by atoms with Gasteiger partial charge in [0.15, 0.2) is 0 Å². The van der Waals surface area contributed by atoms with Crippen LogP contribution in [0.5, 0.6) is 5.75 Å². The third kappa shape index (κ3) is 2.30. The van der Waals surface area contributed by atoms with Crippen molar-refractivity contribution in [3.05, 3.63) is 30.2 Å². The smallest absolute Gasteiger partial charge is 0.232 e. The molecule has 1 N–H and O–H groups in total. The molecular formula is C13H16N2O2. The summed E-state index contributed by atoms with van der Waals surface area (Å²) < 4.78 is 5.28. The van der Waals surface area contributed by atoms with Crippen molar-refractivity contribution in [2.45, 2.75) is 32.6 Å². The molecule has 0 unspecified atom stereocenters. The van der Waals surface area contributed by atoms with Gasteiger partial charge in [0.25, 0.3) is 0 Å². The SMILES string of the molecule is CCC(C)(C)c1nc(-c2ccc(O)cc2)no1. The first-order valence-electron chi connectivity index (χ1n) is 5.66. The van der Waals surface area contributed by atoms with Gasteiger partial charge < -0.3 is 9.63 Å². The van der Waals surface area contributed by atoms with E-state index in [1.54, 1.807) is 24.3 Å². The average Bonchev–Trinajstić information content (AvgIpc) is 2.80. The minimum Gasteiger partial charge on any atom is -0.508 e. The zero-order valence-corrected chi connectivity index (χ0v) is 10.3. The molecule has 0 amide bonds. The Morgan fingerprint density at radius 1 is 1.24 bits per heavy atom. The van der Waals surface area contributed by atoms with Crippen LogP contribution in [-0.2, 0) is 5.41 Å². The third-order valence-electron chi connectivity index (χ3n) is 3.01. The Labute approximate surface area is 100 Å². The Kier molecular flexibility index (Phi) is 2.88. The predicted molar refractivity (Wildman–Crippen MR) is 64.7 cm³/mol. The Balaban J connectivity index is 2.33. The van der Waals surface area contributed by atoms with Crippen LogP contribution >= 0.6 is 0 Å². The molecule has 0 aliphatic carbocycles. The van der Waals surface area contributed by atoms with Crippen molar-refractivity contribution in [1.29, 1.82) is 0 Å². The van der Waals surface area contributed by atoms with E-state index in [2.05, 4.69) is 30.9 Å². The first-order chi connectivity index (χ1) is 8.03. The zero-order chi connectivity index (χ0) is 12.5. The van der Waals surface area contributed by atoms with E-state index in [0.717, 1.165) is 12.0 Å². The molecule has 4 heteroatoms. The van der Waals surface area contributed by atoms with Crippen molar-refractivity contribution >= 4 is 0 Å². The highest BCUT2D eigenvalue weighted by atomic mass is 16.5. The normalized spacial score (nSPS) is 11.7. The van der Waals surface area contributed by atoms with E-state index >= 15 is 0 Å². The van der Waals surface area contributed by atoms with Crippen molar-refractivity contribution in [2.24, 2.45) is 0 Å². The fourth-order valence-electron chi connectivity index (χ4n) is 1.38. The Morgan fingerprint density at radius 3 is 2.47 bits per heavy atom. The molecule has 1 heterocycles. The zero-order valence-electron chi connectivity index (χ0n) is 10.3. The van der Waals surface area contributed by atoms with Gasteiger partial charge >= 0.3 is 0 Å². The van der Waals surface area contributed by atoms with Gasteiger partial charge in [0.1, 0.15) is 5.75 Å². The topological polar surface area (TPSA) is 59.2 Å². The van der Waals surface area contributed by atoms with E-state index in [9.17, 15) is 5.11 Å². The number of aromatic nitrogens is 2. The summed E-state index contributed by atoms with van der Waals surface area (Å²) in [6, 6.07) is 6.75. The monoisotopic (exact) mass is 232 g/mol. The number of benzene rings is 1. The molecule has 0 spiro atoms. The first kappa shape index (κ1) is 11.6. The average molecular weight is 232 g/mol. The molecule has 0 atom stereocenters. The highest BCUT2D eigenvalue weighted by Gasteiger charge is 2.25. The summed E-state index contributed by atoms with van der Waals surface area (Å²) in [4.78, 5) is 4.39. The highest BCUT2D eigenvalue weighted by Crippen LogP contribution is 2.27. The fourth-order valence-corrected chi connectivity index (χ4v) is 1.38. The van der Waals surface area contributed by atoms with Gasteiger partial charge in [-0.2, -0.15) is 4.98 Å². The minimum absolute atomic E-state index is 0.109. The van der Waals surface area contributed by atoms with E-state index in [0.29, 0.717) is 11.7 Å². The third-order valence-corrected chi connectivity index (χ3v) is 3.01. The van der Waals surface area contributed by atoms with Crippen LogP contribution in [0.4, 0.5) is 0 Å². The van der Waals surface area contributed by atoms with E-state index in [1.807, 2.05) is 0 Å². The van der Waals surface area contributed by atoms with Crippen LogP contribution in [0.25, 0.3) is 11.4 Å². The van der Waals surface area contributed by atoms with Crippen molar-refractivity contribution in [1.82, 2.24) is 10.1 Å². The summed E-state index contributed by atoms with van der Waals surface area (Å²) in [7, 11) is 0. The second-order valence-corrected chi connectivity index (χ2v) is 4.71. The Bertz CT molecular complexity index is 500. The van der Waals surface area contributed by atoms with Gasteiger partial charge in [-0.1, -0.05) is 25.9 Å². The van der Waals surface area contributed by atoms with Crippen molar-refractivity contribution < 1.29 is 9.63 Å². The largest absolute Gasteiger partial charge is 0.508 e. The summed E-state index contributed by atoms with van der Waals surface area (Å²) in [5, 5.41) is 13.2. The fraction of sp³-hybridized carbons (Fsp3) is 0.385. The van der Waals surface area contributed by atoms with Gasteiger partial charge in [-0.3, -0.25) is 0 Å². The second-order valence-electron chi connectivity index (χ2n) is 4.71. The number of aromatic hydroxyl groups is 1. The molecule has 0 saturated heterocycles. The molecular weight excluding hydrogens is 216 g/mol. The molecule has 4 nitrogen and oxygen atoms in total. The van der Waals surface area contributed by atoms with Crippen molar-refractivity contribution in [3.63, 3.8) is 0 Å². The lowest BCUT2D eigenvalue weighted by Crippen LogP contribution is -2.15. The lowest BCUT2D eigenvalue weighted by molar-refractivity contribution is 0.302. The Morgan fingerprint density at radius 2 is 1.88 bits per heavy atom. The van der Waals surface area contributed by atoms with E-state index in [4.69, 9.17) is 4.52 Å². The number of hydrogen-bond donors (Lipinski definition) is 1. The summed E-state index contributed by atoms with van der Waals surface area (Å²) in [6.07, 6.45) is 0.935. The molecule has 90 valence electrons. The van der Waals surface area contributed by atoms with Crippen LogP contribution in [-0.4, -0.2) is 15.2 Å². The van der Waals surface area contributed by atoms with E-state index in [-0.39, 0.29) is 11.2 Å². The maximum atomic E-state index is 9.21. The van der Waals surface area contributed by atoms with Gasteiger partial charge in [-0.05, 0) is 30.7 Å². The molecule has 1 aromatic carbocycles. The van der Waals surface area contributed by atoms with Gasteiger partial charge in [0, 0.05) is 11.0 Å². The van der Waals surface area contributed by atoms with Gasteiger partial charge in [0.05, 0.1) is 0 Å². The van der Waals surface area contributed by atoms with Crippen LogP contribution in [0.1, 0.15) is 33.1 Å². The molecule has 0 saturated carbocycles. The molecule has 0 aliphatic heterocycles. The predicted octanol–water partition coefficient (Wildman–Crippen LogP) is 3.13. The van der Waals surface area contributed by atoms with E-state index in [1.165, 1.54) is 0 Å². The molecule has 0 aliphatic rings. The maximum absolute atomic E-state index is 9.21. The second kappa shape index (κ2) is 4.20. The highest BCUT2D eigenvalue weighted by molar-refractivity contribution is 5.55. The number of phenols is 1. The summed E-state index contributed by atoms with van der Waals surface area (Å²) >= 11 is 0. The van der Waals surface area contributed by atoms with Crippen LogP contribution in [0.3, 0.4) is 0 Å². The summed E-state index contributed by atoms with van der Waals surface area (Å²) in [5.74, 6) is 1.43. The van der Waals surface area contributed by atoms with Crippen LogP contribution in [0.2, 0.25) is 0 Å². The van der Waals surface area contributed by atoms with Crippen LogP contribution in [0, 0.1) is 0 Å². The van der Waals surface area contributed by atoms with Crippen LogP contribution in [0.15, 0.2) is 28.8 Å². The number of phenolic OH excluding ortho intramolecular Hbond substituents is 1. The van der Waals surface area contributed by atoms with Crippen molar-refractivity contribution in [2.75, 3.05) is 0 Å². The molecule has 2 rings (SSSR count). The number of rotatable bonds is 3. The van der Waals surface area contributed by atoms with Crippen molar-refractivity contribution in [3.8, 4) is 17.1 Å². The molecule has 1 aromatic heterocycles. The quantitative estimate of drug-likeness (QED) is 0.883. The van der Waals surface area contributed by atoms with Gasteiger partial charge in [0.2, 0.25) is 11.7 Å². The summed E-state index contributed by atoms with van der Waals surface area (Å²) in [5.41, 5.74) is 0.729. The minimum atomic E-state index is -0.109. The number of hydrogen-bond acceptors (Lipinski definition) is 4. The lowest BCUT2D eigenvalue weighted by atomic mass is 9.90. The standard InChI is InChI=1S/C13H16N2O2/c1-4-13(2,3)12-14-11(15-17-12)9-5-7-10(16)8-6-9/h5-8,16H,4H2,1-3H3. The summed E-state index contributed by atoms with van der Waals surface area (Å²) in [6.45, 7) is 6.23. The molecule has 17 heavy (non-hydrogen) atoms. The molecule has 0 fully saturated rings. The lowest BCUT2D eigenvalue weighted by Gasteiger charge is -2.15. The van der Waals surface area contributed by atoms with Gasteiger partial charge in [-0.15, -0.1) is 0 Å². The van der Waals surface area contributed by atoms with E-state index < -0.39 is 0 Å². The number of nitrogens with zero attached hydrogens (tertiary/aromatic N) is 2. The molecule has 2 aromatic rings. The molecule has 0 bridgehead atoms. The van der Waals surface area contributed by atoms with Crippen LogP contribution < -0.4 is 0 Å². The maximum Gasteiger partial charge on any atom is 0.232 e. The molecule has 0 radical (unpaired) electrons. The first-order valence-corrected chi connectivity index (χ1v) is 5.66. The van der Waals surface area contributed by atoms with Gasteiger partial charge in [-0.25, -0.2) is 0 Å². The Hall–Kier alpha value is -1.84.